The van der Waals surface area contributed by atoms with E-state index >= 15 is 0 Å². The van der Waals surface area contributed by atoms with E-state index in [9.17, 15) is 0 Å². The van der Waals surface area contributed by atoms with Crippen LogP contribution in [0.25, 0.3) is 11.3 Å². The lowest BCUT2D eigenvalue weighted by atomic mass is 9.86. The summed E-state index contributed by atoms with van der Waals surface area (Å²) in [5.74, 6) is 0. The summed E-state index contributed by atoms with van der Waals surface area (Å²) in [7, 11) is 0. The Morgan fingerprint density at radius 3 is 2.39 bits per heavy atom. The number of halogens is 1. The number of rotatable bonds is 1. The zero-order valence-electron chi connectivity index (χ0n) is 11.2. The Labute approximate surface area is 113 Å². The standard InChI is InChI=1S/C15H17ClN2/c1-10-8-17-9-14(18-10)11-5-6-12(13(16)7-11)15(2,3)4/h5-9H,1-4H3. The van der Waals surface area contributed by atoms with Crippen LogP contribution in [0.5, 0.6) is 0 Å². The Morgan fingerprint density at radius 2 is 1.83 bits per heavy atom. The molecule has 0 spiro atoms. The van der Waals surface area contributed by atoms with Crippen molar-refractivity contribution in [1.29, 1.82) is 0 Å². The topological polar surface area (TPSA) is 25.8 Å². The van der Waals surface area contributed by atoms with Crippen LogP contribution in [0.1, 0.15) is 32.0 Å². The Hall–Kier alpha value is -1.41. The van der Waals surface area contributed by atoms with Gasteiger partial charge in [0, 0.05) is 16.8 Å². The van der Waals surface area contributed by atoms with Crippen molar-refractivity contribution in [1.82, 2.24) is 9.97 Å². The highest BCUT2D eigenvalue weighted by Crippen LogP contribution is 2.32. The van der Waals surface area contributed by atoms with Crippen molar-refractivity contribution in [2.75, 3.05) is 0 Å². The van der Waals surface area contributed by atoms with Crippen LogP contribution in [0.15, 0.2) is 30.6 Å². The number of aryl methyl sites for hydroxylation is 1. The lowest BCUT2D eigenvalue weighted by Gasteiger charge is -2.21. The third-order valence-electron chi connectivity index (χ3n) is 2.83. The van der Waals surface area contributed by atoms with Crippen molar-refractivity contribution in [3.05, 3.63) is 46.9 Å². The van der Waals surface area contributed by atoms with Gasteiger partial charge in [0.05, 0.1) is 17.6 Å². The molecule has 1 aromatic heterocycles. The smallest absolute Gasteiger partial charge is 0.0888 e. The maximum atomic E-state index is 6.36. The second kappa shape index (κ2) is 4.69. The number of aromatic nitrogens is 2. The van der Waals surface area contributed by atoms with Crippen molar-refractivity contribution < 1.29 is 0 Å². The van der Waals surface area contributed by atoms with Crippen LogP contribution in [0.4, 0.5) is 0 Å². The first-order valence-corrected chi connectivity index (χ1v) is 6.35. The van der Waals surface area contributed by atoms with Crippen LogP contribution in [-0.2, 0) is 5.41 Å². The molecule has 1 heterocycles. The fourth-order valence-corrected chi connectivity index (χ4v) is 2.35. The summed E-state index contributed by atoms with van der Waals surface area (Å²) < 4.78 is 0. The molecule has 2 nitrogen and oxygen atoms in total. The summed E-state index contributed by atoms with van der Waals surface area (Å²) in [5.41, 5.74) is 3.96. The zero-order valence-corrected chi connectivity index (χ0v) is 11.9. The highest BCUT2D eigenvalue weighted by Gasteiger charge is 2.17. The Kier molecular flexibility index (Phi) is 3.40. The molecule has 1 aromatic carbocycles. The predicted molar refractivity (Wildman–Crippen MR) is 75.9 cm³/mol. The number of benzene rings is 1. The van der Waals surface area contributed by atoms with Gasteiger partial charge in [0.25, 0.3) is 0 Å². The summed E-state index contributed by atoms with van der Waals surface area (Å²) >= 11 is 6.36. The first-order valence-electron chi connectivity index (χ1n) is 5.97. The van der Waals surface area contributed by atoms with Gasteiger partial charge in [-0.1, -0.05) is 44.5 Å². The molecular weight excluding hydrogens is 244 g/mol. The van der Waals surface area contributed by atoms with Gasteiger partial charge in [-0.05, 0) is 24.0 Å². The van der Waals surface area contributed by atoms with Crippen LogP contribution >= 0.6 is 11.6 Å². The molecule has 2 aromatic rings. The molecule has 0 N–H and O–H groups in total. The minimum atomic E-state index is 0.0495. The molecule has 0 fully saturated rings. The summed E-state index contributed by atoms with van der Waals surface area (Å²) in [6.07, 6.45) is 3.50. The van der Waals surface area contributed by atoms with Crippen molar-refractivity contribution in [3.8, 4) is 11.3 Å². The predicted octanol–water partition coefficient (Wildman–Crippen LogP) is 4.40. The van der Waals surface area contributed by atoms with Crippen LogP contribution in [0.3, 0.4) is 0 Å². The van der Waals surface area contributed by atoms with E-state index in [1.165, 1.54) is 0 Å². The first-order chi connectivity index (χ1) is 8.38. The number of hydrogen-bond acceptors (Lipinski definition) is 2. The first kappa shape index (κ1) is 13.0. The van der Waals surface area contributed by atoms with Gasteiger partial charge in [-0.3, -0.25) is 4.98 Å². The highest BCUT2D eigenvalue weighted by atomic mass is 35.5. The molecule has 0 saturated heterocycles. The van der Waals surface area contributed by atoms with E-state index in [1.807, 2.05) is 13.0 Å². The second-order valence-corrected chi connectivity index (χ2v) is 5.90. The third-order valence-corrected chi connectivity index (χ3v) is 3.14. The fourth-order valence-electron chi connectivity index (χ4n) is 1.89. The molecule has 0 amide bonds. The minimum Gasteiger partial charge on any atom is -0.261 e. The molecule has 0 atom stereocenters. The van der Waals surface area contributed by atoms with Crippen LogP contribution in [0, 0.1) is 6.92 Å². The third kappa shape index (κ3) is 2.70. The summed E-state index contributed by atoms with van der Waals surface area (Å²) in [5, 5.41) is 0.781. The van der Waals surface area contributed by atoms with E-state index in [0.717, 1.165) is 27.5 Å². The molecule has 18 heavy (non-hydrogen) atoms. The van der Waals surface area contributed by atoms with E-state index in [4.69, 9.17) is 11.6 Å². The monoisotopic (exact) mass is 260 g/mol. The van der Waals surface area contributed by atoms with E-state index in [1.54, 1.807) is 12.4 Å². The zero-order chi connectivity index (χ0) is 13.3. The highest BCUT2D eigenvalue weighted by molar-refractivity contribution is 6.31. The summed E-state index contributed by atoms with van der Waals surface area (Å²) in [6, 6.07) is 6.09. The average molecular weight is 261 g/mol. The molecule has 0 saturated carbocycles. The Balaban J connectivity index is 2.47. The van der Waals surface area contributed by atoms with E-state index in [-0.39, 0.29) is 5.41 Å². The molecule has 0 bridgehead atoms. The molecule has 2 rings (SSSR count). The number of hydrogen-bond donors (Lipinski definition) is 0. The van der Waals surface area contributed by atoms with Crippen molar-refractivity contribution in [3.63, 3.8) is 0 Å². The van der Waals surface area contributed by atoms with Crippen LogP contribution in [0.2, 0.25) is 5.02 Å². The molecule has 3 heteroatoms. The van der Waals surface area contributed by atoms with Crippen molar-refractivity contribution in [2.45, 2.75) is 33.1 Å². The van der Waals surface area contributed by atoms with Crippen LogP contribution in [-0.4, -0.2) is 9.97 Å². The molecule has 94 valence electrons. The Morgan fingerprint density at radius 1 is 1.11 bits per heavy atom. The van der Waals surface area contributed by atoms with E-state index in [0.29, 0.717) is 0 Å². The van der Waals surface area contributed by atoms with Gasteiger partial charge in [-0.2, -0.15) is 0 Å². The molecule has 0 aliphatic rings. The molecule has 0 radical (unpaired) electrons. The quantitative estimate of drug-likeness (QED) is 0.759. The summed E-state index contributed by atoms with van der Waals surface area (Å²) in [4.78, 5) is 8.61. The average Bonchev–Trinajstić information content (AvgIpc) is 2.27. The molecule has 0 unspecified atom stereocenters. The van der Waals surface area contributed by atoms with Gasteiger partial charge in [-0.15, -0.1) is 0 Å². The van der Waals surface area contributed by atoms with E-state index < -0.39 is 0 Å². The number of nitrogens with zero attached hydrogens (tertiary/aromatic N) is 2. The largest absolute Gasteiger partial charge is 0.261 e. The SMILES string of the molecule is Cc1cncc(-c2ccc(C(C)(C)C)c(Cl)c2)n1. The van der Waals surface area contributed by atoms with Crippen molar-refractivity contribution in [2.24, 2.45) is 0 Å². The Bertz CT molecular complexity index is 571. The van der Waals surface area contributed by atoms with Gasteiger partial charge in [-0.25, -0.2) is 4.98 Å². The van der Waals surface area contributed by atoms with Crippen molar-refractivity contribution >= 4 is 11.6 Å². The lowest BCUT2D eigenvalue weighted by Crippen LogP contribution is -2.11. The lowest BCUT2D eigenvalue weighted by molar-refractivity contribution is 0.590. The fraction of sp³-hybridized carbons (Fsp3) is 0.333. The normalized spacial score (nSPS) is 11.6. The molecule has 0 aliphatic carbocycles. The van der Waals surface area contributed by atoms with Gasteiger partial charge >= 0.3 is 0 Å². The van der Waals surface area contributed by atoms with E-state index in [2.05, 4.69) is 42.9 Å². The van der Waals surface area contributed by atoms with Gasteiger partial charge in [0.15, 0.2) is 0 Å². The maximum Gasteiger partial charge on any atom is 0.0888 e. The molecular formula is C15H17ClN2. The maximum absolute atomic E-state index is 6.36. The van der Waals surface area contributed by atoms with Gasteiger partial charge in [0.2, 0.25) is 0 Å². The van der Waals surface area contributed by atoms with Gasteiger partial charge in [0.1, 0.15) is 0 Å². The van der Waals surface area contributed by atoms with Crippen LogP contribution < -0.4 is 0 Å². The van der Waals surface area contributed by atoms with Gasteiger partial charge < -0.3 is 0 Å². The second-order valence-electron chi connectivity index (χ2n) is 5.49. The summed E-state index contributed by atoms with van der Waals surface area (Å²) in [6.45, 7) is 8.39. The molecule has 0 aliphatic heterocycles. The minimum absolute atomic E-state index is 0.0495.